The van der Waals surface area contributed by atoms with E-state index >= 15 is 0 Å². The molecule has 1 rings (SSSR count). The molecule has 0 spiro atoms. The Morgan fingerprint density at radius 1 is 1.57 bits per heavy atom. The molecule has 1 fully saturated rings. The highest BCUT2D eigenvalue weighted by atomic mass is 35.5. The van der Waals surface area contributed by atoms with Gasteiger partial charge in [0.05, 0.1) is 0 Å². The van der Waals surface area contributed by atoms with E-state index < -0.39 is 39.5 Å². The van der Waals surface area contributed by atoms with Crippen molar-refractivity contribution in [2.75, 3.05) is 5.75 Å². The normalized spacial score (nSPS) is 35.9. The van der Waals surface area contributed by atoms with Crippen molar-refractivity contribution in [3.05, 3.63) is 0 Å². The summed E-state index contributed by atoms with van der Waals surface area (Å²) in [6.07, 6.45) is -0.602. The molecule has 9 heteroatoms. The lowest BCUT2D eigenvalue weighted by molar-refractivity contribution is -0.140. The number of hydrogen-bond donors (Lipinski definition) is 3. The van der Waals surface area contributed by atoms with E-state index in [0.717, 1.165) is 0 Å². The topological polar surface area (TPSA) is 118 Å². The maximum Gasteiger partial charge on any atom is 0.327 e. The molecule has 0 saturated heterocycles. The van der Waals surface area contributed by atoms with E-state index in [1.807, 2.05) is 0 Å². The molecule has 1 aliphatic carbocycles. The average Bonchev–Trinajstić information content (AvgIpc) is 2.30. The lowest BCUT2D eigenvalue weighted by Crippen LogP contribution is -2.43. The highest BCUT2D eigenvalue weighted by Crippen LogP contribution is 2.50. The zero-order valence-electron chi connectivity index (χ0n) is 6.81. The van der Waals surface area contributed by atoms with Gasteiger partial charge in [0.25, 0.3) is 10.1 Å². The zero-order chi connectivity index (χ0) is 10.5. The molecule has 0 aliphatic heterocycles. The molecule has 84 valence electrons. The molecule has 0 aromatic carbocycles. The van der Waals surface area contributed by atoms with Crippen LogP contribution in [-0.2, 0) is 14.9 Å². The summed E-state index contributed by atoms with van der Waals surface area (Å²) in [7, 11) is -4.54. The Hall–Kier alpha value is -0.440. The van der Waals surface area contributed by atoms with Gasteiger partial charge in [0.1, 0.15) is 5.75 Å². The summed E-state index contributed by atoms with van der Waals surface area (Å²) in [6.45, 7) is 0. The van der Waals surface area contributed by atoms with Crippen LogP contribution in [0.3, 0.4) is 0 Å². The number of rotatable bonds is 3. The molecule has 0 bridgehead atoms. The number of alkyl halides is 1. The van der Waals surface area contributed by atoms with Crippen LogP contribution in [0.25, 0.3) is 0 Å². The van der Waals surface area contributed by atoms with Gasteiger partial charge in [0.2, 0.25) is 0 Å². The molecular formula is C5H9ClFNO5S. The van der Waals surface area contributed by atoms with Crippen molar-refractivity contribution >= 4 is 28.5 Å². The minimum atomic E-state index is -4.54. The highest BCUT2D eigenvalue weighted by Gasteiger charge is 2.73. The van der Waals surface area contributed by atoms with Gasteiger partial charge in [-0.15, -0.1) is 12.4 Å². The van der Waals surface area contributed by atoms with E-state index in [9.17, 15) is 17.6 Å². The lowest BCUT2D eigenvalue weighted by atomic mass is 10.2. The maximum absolute atomic E-state index is 13.3. The highest BCUT2D eigenvalue weighted by molar-refractivity contribution is 7.85. The monoisotopic (exact) mass is 249 g/mol. The predicted molar refractivity (Wildman–Crippen MR) is 46.7 cm³/mol. The molecule has 0 heterocycles. The molecule has 6 nitrogen and oxygen atoms in total. The largest absolute Gasteiger partial charge is 0.480 e. The van der Waals surface area contributed by atoms with Gasteiger partial charge in [-0.25, -0.2) is 4.39 Å². The third kappa shape index (κ3) is 2.14. The summed E-state index contributed by atoms with van der Waals surface area (Å²) in [5, 5.41) is 8.40. The molecule has 2 atom stereocenters. The number of aliphatic carboxylic acids is 1. The molecule has 0 aromatic rings. The first-order valence-electron chi connectivity index (χ1n) is 3.27. The van der Waals surface area contributed by atoms with Gasteiger partial charge in [0.15, 0.2) is 11.2 Å². The molecule has 4 N–H and O–H groups in total. The van der Waals surface area contributed by atoms with Crippen molar-refractivity contribution in [2.24, 2.45) is 5.73 Å². The summed E-state index contributed by atoms with van der Waals surface area (Å²) in [4.78, 5) is 10.3. The van der Waals surface area contributed by atoms with Gasteiger partial charge in [-0.3, -0.25) is 9.35 Å². The van der Waals surface area contributed by atoms with E-state index in [1.165, 1.54) is 0 Å². The van der Waals surface area contributed by atoms with Gasteiger partial charge in [-0.05, 0) is 0 Å². The number of carbonyl (C=O) groups is 1. The van der Waals surface area contributed by atoms with Crippen molar-refractivity contribution in [3.8, 4) is 0 Å². The van der Waals surface area contributed by atoms with Crippen LogP contribution < -0.4 is 5.73 Å². The fourth-order valence-corrected chi connectivity index (χ4v) is 2.07. The number of halogens is 2. The Morgan fingerprint density at radius 2 is 2.00 bits per heavy atom. The Balaban J connectivity index is 0.00000169. The van der Waals surface area contributed by atoms with Crippen LogP contribution in [0.1, 0.15) is 6.42 Å². The van der Waals surface area contributed by atoms with Crippen LogP contribution >= 0.6 is 12.4 Å². The first kappa shape index (κ1) is 13.6. The van der Waals surface area contributed by atoms with Crippen molar-refractivity contribution in [2.45, 2.75) is 17.6 Å². The van der Waals surface area contributed by atoms with Crippen LogP contribution in [0.5, 0.6) is 0 Å². The summed E-state index contributed by atoms with van der Waals surface area (Å²) >= 11 is 0. The number of hydrogen-bond acceptors (Lipinski definition) is 4. The SMILES string of the molecule is Cl.N[C@]1(C(=O)O)C[C@@]1(F)CS(=O)(=O)O. The van der Waals surface area contributed by atoms with E-state index in [0.29, 0.717) is 0 Å². The fourth-order valence-electron chi connectivity index (χ4n) is 1.13. The summed E-state index contributed by atoms with van der Waals surface area (Å²) in [5.74, 6) is -2.89. The summed E-state index contributed by atoms with van der Waals surface area (Å²) in [6, 6.07) is 0. The fraction of sp³-hybridized carbons (Fsp3) is 0.800. The average molecular weight is 250 g/mol. The third-order valence-corrected chi connectivity index (χ3v) is 2.85. The Kier molecular flexibility index (Phi) is 3.19. The van der Waals surface area contributed by atoms with Gasteiger partial charge in [-0.1, -0.05) is 0 Å². The summed E-state index contributed by atoms with van der Waals surface area (Å²) < 4.78 is 42.1. The van der Waals surface area contributed by atoms with E-state index in [-0.39, 0.29) is 12.4 Å². The van der Waals surface area contributed by atoms with Crippen molar-refractivity contribution in [1.82, 2.24) is 0 Å². The predicted octanol–water partition coefficient (Wildman–Crippen LogP) is -0.810. The molecule has 0 aromatic heterocycles. The molecule has 1 saturated carbocycles. The molecule has 1 aliphatic rings. The Bertz CT molecular complexity index is 359. The second-order valence-electron chi connectivity index (χ2n) is 3.14. The Morgan fingerprint density at radius 3 is 2.21 bits per heavy atom. The minimum Gasteiger partial charge on any atom is -0.480 e. The van der Waals surface area contributed by atoms with Gasteiger partial charge in [-0.2, -0.15) is 8.42 Å². The zero-order valence-corrected chi connectivity index (χ0v) is 8.44. The first-order chi connectivity index (χ1) is 5.61. The maximum atomic E-state index is 13.3. The first-order valence-corrected chi connectivity index (χ1v) is 4.88. The smallest absolute Gasteiger partial charge is 0.327 e. The molecule has 14 heavy (non-hydrogen) atoms. The van der Waals surface area contributed by atoms with Gasteiger partial charge in [0, 0.05) is 6.42 Å². The van der Waals surface area contributed by atoms with Crippen LogP contribution in [0.4, 0.5) is 4.39 Å². The molecule has 0 amide bonds. The van der Waals surface area contributed by atoms with Crippen LogP contribution in [-0.4, -0.2) is 41.0 Å². The standard InChI is InChI=1S/C5H8FNO5S.ClH/c6-4(2-13(10,11)12)1-5(4,7)3(8)9;/h1-2,7H2,(H,8,9)(H,10,11,12);1H/t4-,5+;/m1./s1. The molecular weight excluding hydrogens is 241 g/mol. The van der Waals surface area contributed by atoms with Crippen molar-refractivity contribution in [1.29, 1.82) is 0 Å². The number of carboxylic acid groups (broad SMARTS) is 1. The van der Waals surface area contributed by atoms with Crippen molar-refractivity contribution < 1.29 is 27.3 Å². The molecule has 0 radical (unpaired) electrons. The minimum absolute atomic E-state index is 0. The van der Waals surface area contributed by atoms with Gasteiger partial charge < -0.3 is 10.8 Å². The number of nitrogens with two attached hydrogens (primary N) is 1. The number of carboxylic acids is 1. The van der Waals surface area contributed by atoms with Crippen LogP contribution in [0.2, 0.25) is 0 Å². The second-order valence-corrected chi connectivity index (χ2v) is 4.60. The van der Waals surface area contributed by atoms with Gasteiger partial charge >= 0.3 is 5.97 Å². The lowest BCUT2D eigenvalue weighted by Gasteiger charge is -2.08. The second kappa shape index (κ2) is 3.30. The van der Waals surface area contributed by atoms with Crippen molar-refractivity contribution in [3.63, 3.8) is 0 Å². The summed E-state index contributed by atoms with van der Waals surface area (Å²) in [5.41, 5.74) is 0.298. The van der Waals surface area contributed by atoms with Crippen LogP contribution in [0, 0.1) is 0 Å². The van der Waals surface area contributed by atoms with E-state index in [1.54, 1.807) is 0 Å². The van der Waals surface area contributed by atoms with E-state index in [4.69, 9.17) is 15.4 Å². The third-order valence-electron chi connectivity index (χ3n) is 2.03. The quantitative estimate of drug-likeness (QED) is 0.563. The molecule has 0 unspecified atom stereocenters. The van der Waals surface area contributed by atoms with Crippen LogP contribution in [0.15, 0.2) is 0 Å². The Labute approximate surface area is 85.4 Å². The van der Waals surface area contributed by atoms with E-state index in [2.05, 4.69) is 0 Å².